The maximum absolute atomic E-state index is 11.6. The number of allylic oxidation sites excluding steroid dienone is 1. The highest BCUT2D eigenvalue weighted by Crippen LogP contribution is 2.28. The summed E-state index contributed by atoms with van der Waals surface area (Å²) in [5, 5.41) is 18.7. The van der Waals surface area contributed by atoms with Gasteiger partial charge in [0.2, 0.25) is 0 Å². The number of carbonyl (C=O) groups excluding carboxylic acids is 1. The van der Waals surface area contributed by atoms with Crippen LogP contribution in [0.2, 0.25) is 0 Å². The van der Waals surface area contributed by atoms with Crippen LogP contribution in [0.1, 0.15) is 31.2 Å². The summed E-state index contributed by atoms with van der Waals surface area (Å²) in [5.41, 5.74) is 1.36. The van der Waals surface area contributed by atoms with E-state index < -0.39 is 0 Å². The first-order valence-electron chi connectivity index (χ1n) is 5.42. The summed E-state index contributed by atoms with van der Waals surface area (Å²) < 4.78 is 0. The third kappa shape index (κ3) is 2.24. The van der Waals surface area contributed by atoms with Gasteiger partial charge in [0.15, 0.2) is 5.78 Å². The summed E-state index contributed by atoms with van der Waals surface area (Å²) in [4.78, 5) is 11.6. The van der Waals surface area contributed by atoms with E-state index in [-0.39, 0.29) is 17.3 Å². The lowest BCUT2D eigenvalue weighted by Crippen LogP contribution is -2.07. The molecular formula is C13H14O3. The number of hydrogen-bond acceptors (Lipinski definition) is 3. The molecule has 0 spiro atoms. The Labute approximate surface area is 94.0 Å². The van der Waals surface area contributed by atoms with E-state index in [9.17, 15) is 9.90 Å². The van der Waals surface area contributed by atoms with Crippen LogP contribution >= 0.6 is 0 Å². The summed E-state index contributed by atoms with van der Waals surface area (Å²) in [7, 11) is 0. The highest BCUT2D eigenvalue weighted by molar-refractivity contribution is 6.00. The molecule has 2 N–H and O–H groups in total. The van der Waals surface area contributed by atoms with Crippen molar-refractivity contribution in [3.05, 3.63) is 29.3 Å². The number of aromatic hydroxyl groups is 2. The van der Waals surface area contributed by atoms with Crippen LogP contribution in [0, 0.1) is 0 Å². The number of benzene rings is 1. The van der Waals surface area contributed by atoms with Crippen LogP contribution in [0.3, 0.4) is 0 Å². The third-order valence-electron chi connectivity index (χ3n) is 2.80. The average Bonchev–Trinajstić information content (AvgIpc) is 2.25. The van der Waals surface area contributed by atoms with Crippen LogP contribution in [0.5, 0.6) is 11.5 Å². The van der Waals surface area contributed by atoms with Crippen molar-refractivity contribution in [1.29, 1.82) is 0 Å². The highest BCUT2D eigenvalue weighted by Gasteiger charge is 2.15. The van der Waals surface area contributed by atoms with Gasteiger partial charge in [-0.05, 0) is 43.0 Å². The first kappa shape index (κ1) is 10.7. The van der Waals surface area contributed by atoms with Crippen molar-refractivity contribution < 1.29 is 15.0 Å². The van der Waals surface area contributed by atoms with E-state index in [1.54, 1.807) is 12.1 Å². The van der Waals surface area contributed by atoms with Gasteiger partial charge in [0, 0.05) is 18.1 Å². The van der Waals surface area contributed by atoms with Crippen LogP contribution in [0.15, 0.2) is 23.8 Å². The quantitative estimate of drug-likeness (QED) is 0.712. The Kier molecular flexibility index (Phi) is 2.95. The molecule has 0 atom stereocenters. The van der Waals surface area contributed by atoms with Crippen molar-refractivity contribution in [1.82, 2.24) is 0 Å². The zero-order valence-corrected chi connectivity index (χ0v) is 8.94. The minimum atomic E-state index is 0.00544. The Morgan fingerprint density at radius 2 is 1.88 bits per heavy atom. The van der Waals surface area contributed by atoms with Gasteiger partial charge in [-0.25, -0.2) is 0 Å². The molecule has 0 saturated heterocycles. The second kappa shape index (κ2) is 4.39. The van der Waals surface area contributed by atoms with E-state index in [0.717, 1.165) is 24.8 Å². The van der Waals surface area contributed by atoms with E-state index in [1.165, 1.54) is 12.1 Å². The molecule has 1 saturated carbocycles. The molecule has 3 heteroatoms. The van der Waals surface area contributed by atoms with Gasteiger partial charge in [0.1, 0.15) is 11.5 Å². The molecule has 0 amide bonds. The van der Waals surface area contributed by atoms with E-state index in [2.05, 4.69) is 0 Å². The number of carbonyl (C=O) groups is 1. The molecular weight excluding hydrogens is 204 g/mol. The molecule has 84 valence electrons. The van der Waals surface area contributed by atoms with Gasteiger partial charge in [-0.2, -0.15) is 0 Å². The molecule has 16 heavy (non-hydrogen) atoms. The molecule has 1 aliphatic carbocycles. The molecule has 1 aromatic rings. The number of hydrogen-bond donors (Lipinski definition) is 2. The first-order chi connectivity index (χ1) is 7.66. The van der Waals surface area contributed by atoms with Crippen molar-refractivity contribution in [2.45, 2.75) is 25.7 Å². The van der Waals surface area contributed by atoms with Gasteiger partial charge in [0.05, 0.1) is 0 Å². The molecule has 0 heterocycles. The number of phenolic OH excluding ortho intramolecular Hbond substituents is 2. The third-order valence-corrected chi connectivity index (χ3v) is 2.80. The van der Waals surface area contributed by atoms with Gasteiger partial charge in [-0.3, -0.25) is 4.79 Å². The zero-order valence-electron chi connectivity index (χ0n) is 8.94. The lowest BCUT2D eigenvalue weighted by Gasteiger charge is -2.12. The lowest BCUT2D eigenvalue weighted by atomic mass is 9.92. The molecule has 0 aromatic heterocycles. The monoisotopic (exact) mass is 218 g/mol. The minimum Gasteiger partial charge on any atom is -0.508 e. The van der Waals surface area contributed by atoms with E-state index >= 15 is 0 Å². The molecule has 2 rings (SSSR count). The fourth-order valence-corrected chi connectivity index (χ4v) is 1.90. The van der Waals surface area contributed by atoms with E-state index in [0.29, 0.717) is 12.0 Å². The molecule has 0 bridgehead atoms. The fourth-order valence-electron chi connectivity index (χ4n) is 1.90. The van der Waals surface area contributed by atoms with E-state index in [4.69, 9.17) is 5.11 Å². The standard InChI is InChI=1S/C13H14O3/c14-11-6-5-10(13(16)8-11)7-9-3-1-2-4-12(9)15/h5-8,14,16H,1-4H2/b9-7+. The second-order valence-electron chi connectivity index (χ2n) is 4.04. The summed E-state index contributed by atoms with van der Waals surface area (Å²) in [6.07, 6.45) is 5.08. The normalized spacial score (nSPS) is 19.0. The van der Waals surface area contributed by atoms with Crippen molar-refractivity contribution >= 4 is 11.9 Å². The molecule has 3 nitrogen and oxygen atoms in total. The molecule has 0 aliphatic heterocycles. The predicted octanol–water partition coefficient (Wildman–Crippen LogP) is 2.62. The number of ketones is 1. The Hall–Kier alpha value is -1.77. The Morgan fingerprint density at radius 1 is 1.12 bits per heavy atom. The maximum atomic E-state index is 11.6. The summed E-state index contributed by atoms with van der Waals surface area (Å²) in [6, 6.07) is 4.39. The van der Waals surface area contributed by atoms with Crippen molar-refractivity contribution in [3.8, 4) is 11.5 Å². The van der Waals surface area contributed by atoms with Gasteiger partial charge in [0.25, 0.3) is 0 Å². The minimum absolute atomic E-state index is 0.00544. The molecule has 1 fully saturated rings. The largest absolute Gasteiger partial charge is 0.508 e. The summed E-state index contributed by atoms with van der Waals surface area (Å²) >= 11 is 0. The molecule has 0 radical (unpaired) electrons. The van der Waals surface area contributed by atoms with E-state index in [1.807, 2.05) is 0 Å². The summed E-state index contributed by atoms with van der Waals surface area (Å²) in [5.74, 6) is 0.194. The van der Waals surface area contributed by atoms with Crippen molar-refractivity contribution in [2.24, 2.45) is 0 Å². The second-order valence-corrected chi connectivity index (χ2v) is 4.04. The predicted molar refractivity (Wildman–Crippen MR) is 61.2 cm³/mol. The number of rotatable bonds is 1. The van der Waals surface area contributed by atoms with Crippen LogP contribution in [0.4, 0.5) is 0 Å². The maximum Gasteiger partial charge on any atom is 0.158 e. The summed E-state index contributed by atoms with van der Waals surface area (Å²) in [6.45, 7) is 0. The van der Waals surface area contributed by atoms with Crippen molar-refractivity contribution in [2.75, 3.05) is 0 Å². The van der Waals surface area contributed by atoms with Crippen LogP contribution in [0.25, 0.3) is 6.08 Å². The van der Waals surface area contributed by atoms with Crippen LogP contribution in [-0.4, -0.2) is 16.0 Å². The first-order valence-corrected chi connectivity index (χ1v) is 5.42. The van der Waals surface area contributed by atoms with Crippen molar-refractivity contribution in [3.63, 3.8) is 0 Å². The Bertz CT molecular complexity index is 446. The van der Waals surface area contributed by atoms with Crippen LogP contribution in [-0.2, 0) is 4.79 Å². The molecule has 1 aliphatic rings. The molecule has 0 unspecified atom stereocenters. The van der Waals surface area contributed by atoms with Gasteiger partial charge < -0.3 is 10.2 Å². The smallest absolute Gasteiger partial charge is 0.158 e. The highest BCUT2D eigenvalue weighted by atomic mass is 16.3. The van der Waals surface area contributed by atoms with Gasteiger partial charge in [-0.1, -0.05) is 0 Å². The molecule has 1 aromatic carbocycles. The zero-order chi connectivity index (χ0) is 11.5. The fraction of sp³-hybridized carbons (Fsp3) is 0.308. The van der Waals surface area contributed by atoms with Gasteiger partial charge in [-0.15, -0.1) is 0 Å². The van der Waals surface area contributed by atoms with Gasteiger partial charge >= 0.3 is 0 Å². The average molecular weight is 218 g/mol. The topological polar surface area (TPSA) is 57.5 Å². The lowest BCUT2D eigenvalue weighted by molar-refractivity contribution is -0.116. The Morgan fingerprint density at radius 3 is 2.56 bits per heavy atom. The number of Topliss-reactive ketones (excluding diaryl/α,β-unsaturated/α-hetero) is 1. The van der Waals surface area contributed by atoms with Crippen LogP contribution < -0.4 is 0 Å². The number of phenols is 2. The SMILES string of the molecule is O=C1CCCC/C1=C\c1ccc(O)cc1O. The Balaban J connectivity index is 2.30.